The van der Waals surface area contributed by atoms with Gasteiger partial charge >= 0.3 is 0 Å². The van der Waals surface area contributed by atoms with Gasteiger partial charge in [-0.1, -0.05) is 54.6 Å². The molecule has 4 nitrogen and oxygen atoms in total. The van der Waals surface area contributed by atoms with Gasteiger partial charge in [-0.15, -0.1) is 0 Å². The average Bonchev–Trinajstić information content (AvgIpc) is 2.71. The molecular weight excluding hydrogens is 355 g/mol. The van der Waals surface area contributed by atoms with Gasteiger partial charge in [0.25, 0.3) is 5.91 Å². The van der Waals surface area contributed by atoms with Crippen LogP contribution in [0.15, 0.2) is 78.9 Å². The number of halogens is 1. The van der Waals surface area contributed by atoms with E-state index in [0.717, 1.165) is 5.56 Å². The normalized spacial score (nSPS) is 11.5. The molecule has 0 aliphatic rings. The smallest absolute Gasteiger partial charge is 0.251 e. The molecule has 3 aromatic carbocycles. The van der Waals surface area contributed by atoms with Gasteiger partial charge in [0, 0.05) is 11.3 Å². The number of hydrogen-bond donors (Lipinski definition) is 2. The summed E-state index contributed by atoms with van der Waals surface area (Å²) in [6.45, 7) is 1.66. The third-order valence-corrected chi connectivity index (χ3v) is 4.39. The minimum Gasteiger partial charge on any atom is -0.345 e. The second kappa shape index (κ2) is 8.95. The molecule has 28 heavy (non-hydrogen) atoms. The van der Waals surface area contributed by atoms with Crippen LogP contribution in [0.2, 0.25) is 0 Å². The fraction of sp³-hybridized carbons (Fsp3) is 0.130. The Balaban J connectivity index is 1.74. The molecule has 142 valence electrons. The van der Waals surface area contributed by atoms with Crippen molar-refractivity contribution in [2.75, 3.05) is 5.32 Å². The topological polar surface area (TPSA) is 58.2 Å². The van der Waals surface area contributed by atoms with E-state index >= 15 is 0 Å². The van der Waals surface area contributed by atoms with E-state index in [9.17, 15) is 14.0 Å². The van der Waals surface area contributed by atoms with Crippen molar-refractivity contribution in [3.05, 3.63) is 101 Å². The highest BCUT2D eigenvalue weighted by Crippen LogP contribution is 2.20. The van der Waals surface area contributed by atoms with Crippen LogP contribution in [-0.2, 0) is 4.79 Å². The van der Waals surface area contributed by atoms with Crippen molar-refractivity contribution in [3.63, 3.8) is 0 Å². The number of nitrogens with one attached hydrogen (secondary N) is 2. The van der Waals surface area contributed by atoms with E-state index in [1.807, 2.05) is 36.4 Å². The Morgan fingerprint density at radius 3 is 2.21 bits per heavy atom. The van der Waals surface area contributed by atoms with Crippen LogP contribution in [0.1, 0.15) is 33.9 Å². The van der Waals surface area contributed by atoms with Gasteiger partial charge in [-0.2, -0.15) is 0 Å². The van der Waals surface area contributed by atoms with E-state index in [1.54, 1.807) is 43.3 Å². The molecule has 0 aliphatic heterocycles. The third-order valence-electron chi connectivity index (χ3n) is 4.39. The van der Waals surface area contributed by atoms with E-state index in [-0.39, 0.29) is 24.1 Å². The van der Waals surface area contributed by atoms with Crippen LogP contribution >= 0.6 is 0 Å². The molecule has 0 fully saturated rings. The Hall–Kier alpha value is -3.47. The summed E-state index contributed by atoms with van der Waals surface area (Å²) in [6.07, 6.45) is 0.0259. The van der Waals surface area contributed by atoms with Crippen molar-refractivity contribution in [2.45, 2.75) is 19.4 Å². The first-order chi connectivity index (χ1) is 13.5. The summed E-state index contributed by atoms with van der Waals surface area (Å²) in [5, 5.41) is 5.61. The standard InChI is InChI=1S/C23H21FN2O2/c1-16-12-13-19(14-20(16)24)25-22(27)15-21(17-8-4-2-5-9-17)26-23(28)18-10-6-3-7-11-18/h2-14,21H,15H2,1H3,(H,25,27)(H,26,28). The predicted molar refractivity (Wildman–Crippen MR) is 107 cm³/mol. The SMILES string of the molecule is Cc1ccc(NC(=O)CC(NC(=O)c2ccccc2)c2ccccc2)cc1F. The van der Waals surface area contributed by atoms with E-state index in [4.69, 9.17) is 0 Å². The Morgan fingerprint density at radius 2 is 1.57 bits per heavy atom. The van der Waals surface area contributed by atoms with E-state index in [2.05, 4.69) is 10.6 Å². The molecule has 0 saturated heterocycles. The molecule has 1 unspecified atom stereocenters. The van der Waals surface area contributed by atoms with Crippen molar-refractivity contribution in [3.8, 4) is 0 Å². The molecular formula is C23H21FN2O2. The number of carbonyl (C=O) groups excluding carboxylic acids is 2. The minimum absolute atomic E-state index is 0.0259. The quantitative estimate of drug-likeness (QED) is 0.659. The zero-order chi connectivity index (χ0) is 19.9. The summed E-state index contributed by atoms with van der Waals surface area (Å²) in [7, 11) is 0. The zero-order valence-electron chi connectivity index (χ0n) is 15.5. The lowest BCUT2D eigenvalue weighted by Gasteiger charge is -2.19. The van der Waals surface area contributed by atoms with Crippen LogP contribution < -0.4 is 10.6 Å². The van der Waals surface area contributed by atoms with Gasteiger partial charge < -0.3 is 10.6 Å². The number of aryl methyl sites for hydroxylation is 1. The fourth-order valence-electron chi connectivity index (χ4n) is 2.84. The highest BCUT2D eigenvalue weighted by atomic mass is 19.1. The summed E-state index contributed by atoms with van der Waals surface area (Å²) in [5.41, 5.74) is 2.23. The number of hydrogen-bond acceptors (Lipinski definition) is 2. The molecule has 1 atom stereocenters. The molecule has 2 N–H and O–H groups in total. The predicted octanol–water partition coefficient (Wildman–Crippen LogP) is 4.63. The van der Waals surface area contributed by atoms with Gasteiger partial charge in [0.15, 0.2) is 0 Å². The monoisotopic (exact) mass is 376 g/mol. The molecule has 0 radical (unpaired) electrons. The van der Waals surface area contributed by atoms with Crippen molar-refractivity contribution < 1.29 is 14.0 Å². The second-order valence-electron chi connectivity index (χ2n) is 6.52. The lowest BCUT2D eigenvalue weighted by Crippen LogP contribution is -2.31. The molecule has 0 spiro atoms. The first-order valence-corrected chi connectivity index (χ1v) is 9.00. The summed E-state index contributed by atoms with van der Waals surface area (Å²) < 4.78 is 13.7. The second-order valence-corrected chi connectivity index (χ2v) is 6.52. The van der Waals surface area contributed by atoms with Crippen molar-refractivity contribution in [2.24, 2.45) is 0 Å². The maximum Gasteiger partial charge on any atom is 0.251 e. The summed E-state index contributed by atoms with van der Waals surface area (Å²) in [5.74, 6) is -0.955. The molecule has 3 aromatic rings. The first kappa shape index (κ1) is 19.3. The minimum atomic E-state index is -0.510. The van der Waals surface area contributed by atoms with E-state index < -0.39 is 6.04 Å². The average molecular weight is 376 g/mol. The number of amides is 2. The molecule has 0 heterocycles. The van der Waals surface area contributed by atoms with Crippen LogP contribution in [0.4, 0.5) is 10.1 Å². The van der Waals surface area contributed by atoms with Crippen LogP contribution in [0.3, 0.4) is 0 Å². The first-order valence-electron chi connectivity index (χ1n) is 9.00. The molecule has 0 bridgehead atoms. The van der Waals surface area contributed by atoms with E-state index in [1.165, 1.54) is 6.07 Å². The molecule has 0 aliphatic carbocycles. The lowest BCUT2D eigenvalue weighted by molar-refractivity contribution is -0.116. The zero-order valence-corrected chi connectivity index (χ0v) is 15.5. The summed E-state index contributed by atoms with van der Waals surface area (Å²) in [4.78, 5) is 25.1. The van der Waals surface area contributed by atoms with Gasteiger partial charge in [0.1, 0.15) is 5.82 Å². The lowest BCUT2D eigenvalue weighted by atomic mass is 10.0. The van der Waals surface area contributed by atoms with Crippen molar-refractivity contribution in [1.29, 1.82) is 0 Å². The van der Waals surface area contributed by atoms with Gasteiger partial charge in [-0.25, -0.2) is 4.39 Å². The third kappa shape index (κ3) is 5.04. The highest BCUT2D eigenvalue weighted by Gasteiger charge is 2.19. The number of anilines is 1. The van der Waals surface area contributed by atoms with Gasteiger partial charge in [-0.05, 0) is 42.3 Å². The highest BCUT2D eigenvalue weighted by molar-refractivity contribution is 5.95. The molecule has 2 amide bonds. The largest absolute Gasteiger partial charge is 0.345 e. The van der Waals surface area contributed by atoms with Crippen LogP contribution in [0.25, 0.3) is 0 Å². The van der Waals surface area contributed by atoms with Gasteiger partial charge in [-0.3, -0.25) is 9.59 Å². The molecule has 5 heteroatoms. The van der Waals surface area contributed by atoms with Crippen LogP contribution in [0.5, 0.6) is 0 Å². The Morgan fingerprint density at radius 1 is 0.929 bits per heavy atom. The Kier molecular flexibility index (Phi) is 6.17. The van der Waals surface area contributed by atoms with Crippen molar-refractivity contribution >= 4 is 17.5 Å². The van der Waals surface area contributed by atoms with Crippen molar-refractivity contribution in [1.82, 2.24) is 5.32 Å². The van der Waals surface area contributed by atoms with Gasteiger partial charge in [0.2, 0.25) is 5.91 Å². The molecule has 0 aromatic heterocycles. The van der Waals surface area contributed by atoms with Crippen LogP contribution in [-0.4, -0.2) is 11.8 Å². The molecule has 3 rings (SSSR count). The maximum atomic E-state index is 13.7. The Bertz CT molecular complexity index is 959. The van der Waals surface area contributed by atoms with Crippen LogP contribution in [0, 0.1) is 12.7 Å². The Labute approximate surface area is 163 Å². The maximum absolute atomic E-state index is 13.7. The number of benzene rings is 3. The molecule has 0 saturated carbocycles. The summed E-state index contributed by atoms with van der Waals surface area (Å²) >= 11 is 0. The number of rotatable bonds is 6. The number of carbonyl (C=O) groups is 2. The fourth-order valence-corrected chi connectivity index (χ4v) is 2.84. The summed E-state index contributed by atoms with van der Waals surface area (Å²) in [6, 6.07) is 22.1. The van der Waals surface area contributed by atoms with Gasteiger partial charge in [0.05, 0.1) is 12.5 Å². The van der Waals surface area contributed by atoms with E-state index in [0.29, 0.717) is 16.8 Å².